The molecule has 2 aromatic carbocycles. The van der Waals surface area contributed by atoms with Crippen LogP contribution in [0.4, 0.5) is 11.4 Å². The van der Waals surface area contributed by atoms with Crippen LogP contribution < -0.4 is 15.2 Å². The van der Waals surface area contributed by atoms with Crippen LogP contribution in [0.5, 0.6) is 0 Å². The molecule has 0 aliphatic heterocycles. The normalized spacial score (nSPS) is 10.4. The van der Waals surface area contributed by atoms with Gasteiger partial charge in [0.05, 0.1) is 10.8 Å². The molecule has 0 radical (unpaired) electrons. The van der Waals surface area contributed by atoms with Gasteiger partial charge in [-0.25, -0.2) is 0 Å². The maximum atomic E-state index is 13.3. The number of allylic oxidation sites excluding steroid dienone is 1. The van der Waals surface area contributed by atoms with E-state index in [-0.39, 0.29) is 11.8 Å². The Morgan fingerprint density at radius 1 is 0.939 bits per heavy atom. The maximum Gasteiger partial charge on any atom is 0.303 e. The van der Waals surface area contributed by atoms with Gasteiger partial charge in [0.25, 0.3) is 0 Å². The molecule has 1 N–H and O–H groups in total. The third kappa shape index (κ3) is 7.11. The highest BCUT2D eigenvalue weighted by atomic mass is 16.4. The van der Waals surface area contributed by atoms with E-state index in [2.05, 4.69) is 0 Å². The number of benzene rings is 2. The van der Waals surface area contributed by atoms with E-state index >= 15 is 0 Å². The number of carbonyl (C=O) groups is 1. The van der Waals surface area contributed by atoms with E-state index in [1.54, 1.807) is 6.07 Å². The molecule has 0 bridgehead atoms. The molecule has 0 atom stereocenters. The lowest BCUT2D eigenvalue weighted by Crippen LogP contribution is -2.11. The fraction of sp³-hybridized carbons (Fsp3) is 0.407. The minimum Gasteiger partial charge on any atom is -0.481 e. The molecular formula is C27H38N2O4. The predicted octanol–water partition coefficient (Wildman–Crippen LogP) is 6.40. The lowest BCUT2D eigenvalue weighted by atomic mass is 10.0. The van der Waals surface area contributed by atoms with E-state index in [0.717, 1.165) is 16.9 Å². The molecule has 0 aliphatic carbocycles. The van der Waals surface area contributed by atoms with Gasteiger partial charge in [-0.2, -0.15) is 0 Å². The summed E-state index contributed by atoms with van der Waals surface area (Å²) >= 11 is 0. The van der Waals surface area contributed by atoms with Gasteiger partial charge in [-0.1, -0.05) is 39.8 Å². The topological polar surface area (TPSA) is 74.0 Å². The number of hydrogen-bond donors (Lipinski definition) is 1. The summed E-state index contributed by atoms with van der Waals surface area (Å²) in [6, 6.07) is 9.41. The molecule has 0 saturated heterocycles. The monoisotopic (exact) mass is 454 g/mol. The van der Waals surface area contributed by atoms with Crippen LogP contribution in [0.3, 0.4) is 0 Å². The van der Waals surface area contributed by atoms with Gasteiger partial charge in [0, 0.05) is 58.1 Å². The third-order valence-corrected chi connectivity index (χ3v) is 4.87. The van der Waals surface area contributed by atoms with Crippen LogP contribution in [0.25, 0.3) is 28.0 Å². The molecule has 0 spiro atoms. The van der Waals surface area contributed by atoms with Crippen molar-refractivity contribution in [2.75, 3.05) is 38.0 Å². The second-order valence-electron chi connectivity index (χ2n) is 7.50. The van der Waals surface area contributed by atoms with Crippen molar-refractivity contribution in [1.82, 2.24) is 0 Å². The summed E-state index contributed by atoms with van der Waals surface area (Å²) in [5.41, 5.74) is 3.68. The van der Waals surface area contributed by atoms with Crippen LogP contribution in [0.1, 0.15) is 52.5 Å². The molecule has 0 amide bonds. The van der Waals surface area contributed by atoms with Crippen molar-refractivity contribution < 1.29 is 14.3 Å². The van der Waals surface area contributed by atoms with Crippen molar-refractivity contribution in [1.29, 1.82) is 0 Å². The predicted molar refractivity (Wildman–Crippen MR) is 142 cm³/mol. The van der Waals surface area contributed by atoms with E-state index in [4.69, 9.17) is 9.52 Å². The van der Waals surface area contributed by atoms with Crippen molar-refractivity contribution in [3.63, 3.8) is 0 Å². The number of unbranched alkanes of at least 4 members (excludes halogenated alkanes) is 1. The average molecular weight is 455 g/mol. The van der Waals surface area contributed by atoms with Gasteiger partial charge >= 0.3 is 5.97 Å². The van der Waals surface area contributed by atoms with Crippen LogP contribution in [0, 0.1) is 0 Å². The summed E-state index contributed by atoms with van der Waals surface area (Å²) < 4.78 is 6.14. The van der Waals surface area contributed by atoms with Crippen molar-refractivity contribution >= 4 is 45.4 Å². The fourth-order valence-corrected chi connectivity index (χ4v) is 3.23. The Labute approximate surface area is 197 Å². The molecule has 0 aliphatic rings. The second-order valence-corrected chi connectivity index (χ2v) is 7.50. The number of fused-ring (bicyclic) bond motifs is 2. The number of carboxylic acid groups (broad SMARTS) is 1. The Hall–Kier alpha value is -3.28. The molecule has 33 heavy (non-hydrogen) atoms. The Kier molecular flexibility index (Phi) is 11.2. The Morgan fingerprint density at radius 2 is 1.55 bits per heavy atom. The third-order valence-electron chi connectivity index (χ3n) is 4.87. The molecule has 6 nitrogen and oxygen atoms in total. The first-order valence-electron chi connectivity index (χ1n) is 11.6. The summed E-state index contributed by atoms with van der Waals surface area (Å²) in [5.74, 6) is -0.803. The van der Waals surface area contributed by atoms with Gasteiger partial charge in [0.15, 0.2) is 0 Å². The van der Waals surface area contributed by atoms with Crippen LogP contribution in [-0.2, 0) is 4.79 Å². The lowest BCUT2D eigenvalue weighted by molar-refractivity contribution is -0.137. The highest BCUT2D eigenvalue weighted by molar-refractivity contribution is 5.97. The molecule has 0 saturated carbocycles. The number of nitrogens with zero attached hydrogens (tertiary/aromatic N) is 2. The minimum atomic E-state index is -0.803. The maximum absolute atomic E-state index is 13.3. The summed E-state index contributed by atoms with van der Waals surface area (Å²) in [6.07, 6.45) is 5.11. The van der Waals surface area contributed by atoms with Crippen LogP contribution in [-0.4, -0.2) is 39.3 Å². The number of anilines is 2. The highest BCUT2D eigenvalue weighted by Crippen LogP contribution is 2.29. The van der Waals surface area contributed by atoms with Gasteiger partial charge in [0.2, 0.25) is 5.43 Å². The van der Waals surface area contributed by atoms with Gasteiger partial charge in [-0.15, -0.1) is 0 Å². The quantitative estimate of drug-likeness (QED) is 0.329. The lowest BCUT2D eigenvalue weighted by Gasteiger charge is -2.16. The van der Waals surface area contributed by atoms with E-state index < -0.39 is 5.97 Å². The first kappa shape index (κ1) is 27.8. The van der Waals surface area contributed by atoms with Crippen molar-refractivity contribution in [2.24, 2.45) is 0 Å². The zero-order valence-corrected chi connectivity index (χ0v) is 21.2. The molecule has 0 unspecified atom stereocenters. The first-order chi connectivity index (χ1) is 15.8. The fourth-order valence-electron chi connectivity index (χ4n) is 3.23. The molecule has 6 heteroatoms. The molecule has 1 aromatic heterocycles. The standard InChI is InChI=1S/C23H26N2O4.2C2H6/c1-24(2)16-10-11-18-19(13-16)29-20-14-17(25(3)4)12-15(22(20)23(18)28)8-6-5-7-9-21(26)27;2*1-2/h6,8,10-14H,5,7,9H2,1-4H3,(H,26,27);2*1-2H3/b8-6+;;. The summed E-state index contributed by atoms with van der Waals surface area (Å²) in [7, 11) is 7.76. The number of rotatable bonds is 7. The molecule has 0 fully saturated rings. The Balaban J connectivity index is 0.00000129. The average Bonchev–Trinajstić information content (AvgIpc) is 2.80. The Morgan fingerprint density at radius 3 is 2.12 bits per heavy atom. The van der Waals surface area contributed by atoms with Crippen LogP contribution >= 0.6 is 0 Å². The van der Waals surface area contributed by atoms with E-state index in [9.17, 15) is 9.59 Å². The van der Waals surface area contributed by atoms with Gasteiger partial charge < -0.3 is 19.3 Å². The summed E-state index contributed by atoms with van der Waals surface area (Å²) in [6.45, 7) is 8.00. The van der Waals surface area contributed by atoms with Gasteiger partial charge in [-0.05, 0) is 36.6 Å². The first-order valence-corrected chi connectivity index (χ1v) is 11.6. The van der Waals surface area contributed by atoms with E-state index in [1.807, 2.05) is 102 Å². The smallest absolute Gasteiger partial charge is 0.303 e. The molecule has 180 valence electrons. The summed E-state index contributed by atoms with van der Waals surface area (Å²) in [5, 5.41) is 9.85. The second kappa shape index (κ2) is 13.3. The largest absolute Gasteiger partial charge is 0.481 e. The molecule has 3 rings (SSSR count). The number of carboxylic acids is 1. The van der Waals surface area contributed by atoms with Gasteiger partial charge in [0.1, 0.15) is 11.2 Å². The zero-order valence-electron chi connectivity index (χ0n) is 21.2. The molecule has 3 aromatic rings. The highest BCUT2D eigenvalue weighted by Gasteiger charge is 2.14. The van der Waals surface area contributed by atoms with Crippen molar-refractivity contribution in [3.05, 3.63) is 52.2 Å². The van der Waals surface area contributed by atoms with E-state index in [1.165, 1.54) is 0 Å². The van der Waals surface area contributed by atoms with Crippen LogP contribution in [0.2, 0.25) is 0 Å². The number of hydrogen-bond acceptors (Lipinski definition) is 5. The minimum absolute atomic E-state index is 0.0675. The molecular weight excluding hydrogens is 416 g/mol. The van der Waals surface area contributed by atoms with Crippen molar-refractivity contribution in [3.8, 4) is 0 Å². The van der Waals surface area contributed by atoms with E-state index in [0.29, 0.717) is 34.8 Å². The van der Waals surface area contributed by atoms with Gasteiger partial charge in [-0.3, -0.25) is 9.59 Å². The van der Waals surface area contributed by atoms with Crippen LogP contribution in [0.15, 0.2) is 45.6 Å². The zero-order chi connectivity index (χ0) is 25.1. The Bertz CT molecular complexity index is 1140. The SMILES string of the molecule is CC.CC.CN(C)c1ccc2c(=O)c3c(/C=C/CCCC(=O)O)cc(N(C)C)cc3oc2c1. The van der Waals surface area contributed by atoms with Crippen molar-refractivity contribution in [2.45, 2.75) is 47.0 Å². The number of aliphatic carboxylic acids is 1. The summed E-state index contributed by atoms with van der Waals surface area (Å²) in [4.78, 5) is 27.8. The molecule has 1 heterocycles.